The van der Waals surface area contributed by atoms with Crippen LogP contribution in [-0.4, -0.2) is 32.1 Å². The van der Waals surface area contributed by atoms with Crippen molar-refractivity contribution in [2.75, 3.05) is 17.4 Å². The molecule has 0 saturated heterocycles. The van der Waals surface area contributed by atoms with Crippen molar-refractivity contribution in [3.05, 3.63) is 0 Å². The molecule has 0 aliphatic rings. The Balaban J connectivity index is 3.88. The molecule has 1 radical (unpaired) electrons. The molecule has 53 valence electrons. The number of alkyl halides is 1. The number of carbonyl (C=O) groups excluding carboxylic acids is 1. The largest absolute Gasteiger partial charge is 0.290 e. The number of halogens is 1. The lowest BCUT2D eigenvalue weighted by atomic mass is 10.9. The van der Waals surface area contributed by atoms with Gasteiger partial charge in [-0.3, -0.25) is 4.79 Å². The Kier molecular flexibility index (Phi) is 3.81. The summed E-state index contributed by atoms with van der Waals surface area (Å²) in [5.74, 6) is -0.659. The summed E-state index contributed by atoms with van der Waals surface area (Å²) in [6.07, 6.45) is 1.30. The zero-order valence-corrected chi connectivity index (χ0v) is 6.20. The first kappa shape index (κ1) is 8.91. The molecule has 0 amide bonds. The molecule has 0 aliphatic carbocycles. The van der Waals surface area contributed by atoms with Crippen LogP contribution in [0.15, 0.2) is 0 Å². The minimum Gasteiger partial charge on any atom is -0.290 e. The SMILES string of the molecule is O=[C]CS(=O)(=O)CCCl. The molecule has 0 atom stereocenters. The van der Waals surface area contributed by atoms with Gasteiger partial charge in [0.05, 0.1) is 5.75 Å². The first-order valence-electron chi connectivity index (χ1n) is 2.24. The maximum absolute atomic E-state index is 10.5. The summed E-state index contributed by atoms with van der Waals surface area (Å²) in [7, 11) is -3.24. The highest BCUT2D eigenvalue weighted by atomic mass is 35.5. The van der Waals surface area contributed by atoms with E-state index >= 15 is 0 Å². The first-order chi connectivity index (χ1) is 4.12. The van der Waals surface area contributed by atoms with E-state index in [1.54, 1.807) is 0 Å². The second-order valence-electron chi connectivity index (χ2n) is 1.43. The number of rotatable bonds is 4. The predicted molar refractivity (Wildman–Crippen MR) is 35.1 cm³/mol. The topological polar surface area (TPSA) is 51.2 Å². The van der Waals surface area contributed by atoms with Gasteiger partial charge in [0, 0.05) is 5.88 Å². The first-order valence-corrected chi connectivity index (χ1v) is 4.59. The Morgan fingerprint density at radius 1 is 1.44 bits per heavy atom. The van der Waals surface area contributed by atoms with Gasteiger partial charge in [-0.15, -0.1) is 11.6 Å². The van der Waals surface area contributed by atoms with E-state index in [4.69, 9.17) is 11.6 Å². The highest BCUT2D eigenvalue weighted by Crippen LogP contribution is 1.88. The molecular weight excluding hydrogens is 164 g/mol. The van der Waals surface area contributed by atoms with Crippen LogP contribution in [0.1, 0.15) is 0 Å². The fraction of sp³-hybridized carbons (Fsp3) is 0.750. The number of hydrogen-bond acceptors (Lipinski definition) is 3. The summed E-state index contributed by atoms with van der Waals surface area (Å²) in [4.78, 5) is 9.55. The van der Waals surface area contributed by atoms with Crippen molar-refractivity contribution < 1.29 is 13.2 Å². The van der Waals surface area contributed by atoms with Crippen molar-refractivity contribution >= 4 is 27.7 Å². The Morgan fingerprint density at radius 2 is 2.00 bits per heavy atom. The minimum absolute atomic E-state index is 0.0318. The summed E-state index contributed by atoms with van der Waals surface area (Å²) >= 11 is 5.11. The maximum atomic E-state index is 10.5. The van der Waals surface area contributed by atoms with Gasteiger partial charge < -0.3 is 0 Å². The molecule has 0 unspecified atom stereocenters. The average Bonchev–Trinajstić information content (AvgIpc) is 1.64. The zero-order chi connectivity index (χ0) is 7.33. The van der Waals surface area contributed by atoms with E-state index in [9.17, 15) is 13.2 Å². The van der Waals surface area contributed by atoms with E-state index in [2.05, 4.69) is 0 Å². The average molecular weight is 170 g/mol. The van der Waals surface area contributed by atoms with Crippen LogP contribution in [-0.2, 0) is 14.6 Å². The number of sulfone groups is 1. The Morgan fingerprint density at radius 3 is 2.33 bits per heavy atom. The molecule has 0 aromatic rings. The van der Waals surface area contributed by atoms with Gasteiger partial charge in [0.2, 0.25) is 6.29 Å². The second kappa shape index (κ2) is 3.85. The molecule has 0 aliphatic heterocycles. The van der Waals surface area contributed by atoms with Gasteiger partial charge in [-0.2, -0.15) is 0 Å². The smallest absolute Gasteiger partial charge is 0.214 e. The Bertz CT molecular complexity index is 172. The molecule has 0 aromatic carbocycles. The molecule has 0 N–H and O–H groups in total. The van der Waals surface area contributed by atoms with Gasteiger partial charge in [0.1, 0.15) is 5.75 Å². The van der Waals surface area contributed by atoms with Crippen LogP contribution in [0.4, 0.5) is 0 Å². The minimum atomic E-state index is -3.24. The lowest BCUT2D eigenvalue weighted by Crippen LogP contribution is -2.12. The summed E-state index contributed by atoms with van der Waals surface area (Å²) < 4.78 is 21.0. The molecule has 0 saturated carbocycles. The maximum Gasteiger partial charge on any atom is 0.214 e. The third-order valence-corrected chi connectivity index (χ3v) is 2.46. The second-order valence-corrected chi connectivity index (χ2v) is 3.99. The fourth-order valence-electron chi connectivity index (χ4n) is 0.279. The van der Waals surface area contributed by atoms with Crippen LogP contribution in [0.2, 0.25) is 0 Å². The van der Waals surface area contributed by atoms with E-state index < -0.39 is 15.6 Å². The van der Waals surface area contributed by atoms with Gasteiger partial charge in [-0.25, -0.2) is 8.42 Å². The summed E-state index contributed by atoms with van der Waals surface area (Å²) in [5, 5.41) is 0. The van der Waals surface area contributed by atoms with Gasteiger partial charge in [-0.05, 0) is 0 Å². The van der Waals surface area contributed by atoms with Crippen molar-refractivity contribution in [1.29, 1.82) is 0 Å². The highest BCUT2D eigenvalue weighted by molar-refractivity contribution is 7.92. The summed E-state index contributed by atoms with van der Waals surface area (Å²) in [6, 6.07) is 0. The highest BCUT2D eigenvalue weighted by Gasteiger charge is 2.07. The molecule has 0 spiro atoms. The fourth-order valence-corrected chi connectivity index (χ4v) is 1.54. The monoisotopic (exact) mass is 169 g/mol. The van der Waals surface area contributed by atoms with Gasteiger partial charge >= 0.3 is 0 Å². The lowest BCUT2D eigenvalue weighted by molar-refractivity contribution is 0.557. The molecule has 0 bridgehead atoms. The van der Waals surface area contributed by atoms with E-state index in [0.29, 0.717) is 0 Å². The lowest BCUT2D eigenvalue weighted by Gasteiger charge is -1.91. The summed E-state index contributed by atoms with van der Waals surface area (Å²) in [6.45, 7) is 0. The van der Waals surface area contributed by atoms with Gasteiger partial charge in [0.25, 0.3) is 0 Å². The van der Waals surface area contributed by atoms with E-state index in [1.165, 1.54) is 6.29 Å². The number of hydrogen-bond donors (Lipinski definition) is 0. The molecule has 9 heavy (non-hydrogen) atoms. The molecule has 0 rings (SSSR count). The zero-order valence-electron chi connectivity index (χ0n) is 4.63. The van der Waals surface area contributed by atoms with Crippen LogP contribution in [0, 0.1) is 0 Å². The van der Waals surface area contributed by atoms with Crippen molar-refractivity contribution in [2.45, 2.75) is 0 Å². The molecule has 0 fully saturated rings. The van der Waals surface area contributed by atoms with Crippen LogP contribution in [0.25, 0.3) is 0 Å². The van der Waals surface area contributed by atoms with Crippen molar-refractivity contribution in [2.24, 2.45) is 0 Å². The Hall–Kier alpha value is -0.0900. The molecule has 3 nitrogen and oxygen atoms in total. The normalized spacial score (nSPS) is 11.2. The third kappa shape index (κ3) is 4.42. The van der Waals surface area contributed by atoms with Crippen molar-refractivity contribution in [3.63, 3.8) is 0 Å². The van der Waals surface area contributed by atoms with Crippen LogP contribution in [0.5, 0.6) is 0 Å². The molecule has 5 heteroatoms. The van der Waals surface area contributed by atoms with Crippen molar-refractivity contribution in [3.8, 4) is 0 Å². The molecule has 0 aromatic heterocycles. The predicted octanol–water partition coefficient (Wildman–Crippen LogP) is -0.250. The van der Waals surface area contributed by atoms with E-state index in [1.807, 2.05) is 0 Å². The summed E-state index contributed by atoms with van der Waals surface area (Å²) in [5.41, 5.74) is 0. The third-order valence-electron chi connectivity index (χ3n) is 0.667. The molecule has 0 heterocycles. The van der Waals surface area contributed by atoms with E-state index in [0.717, 1.165) is 0 Å². The van der Waals surface area contributed by atoms with Gasteiger partial charge in [-0.1, -0.05) is 0 Å². The van der Waals surface area contributed by atoms with Gasteiger partial charge in [0.15, 0.2) is 9.84 Å². The Labute approximate surface area is 58.9 Å². The van der Waals surface area contributed by atoms with Crippen molar-refractivity contribution in [1.82, 2.24) is 0 Å². The van der Waals surface area contributed by atoms with E-state index in [-0.39, 0.29) is 11.6 Å². The standard InChI is InChI=1S/C4H6ClO3S/c5-1-3-9(7,8)4-2-6/h1,3-4H2. The van der Waals surface area contributed by atoms with Crippen LogP contribution < -0.4 is 0 Å². The van der Waals surface area contributed by atoms with Crippen LogP contribution >= 0.6 is 11.6 Å². The molecular formula is C4H6ClO3S. The van der Waals surface area contributed by atoms with Crippen LogP contribution in [0.3, 0.4) is 0 Å². The quantitative estimate of drug-likeness (QED) is 0.546.